The molecule has 0 saturated carbocycles. The molecular weight excluding hydrogens is 236 g/mol. The first kappa shape index (κ1) is 14.4. The molecule has 1 atom stereocenters. The fraction of sp³-hybridized carbons (Fsp3) is 0.733. The van der Waals surface area contributed by atoms with E-state index in [1.165, 1.54) is 0 Å². The topological polar surface area (TPSA) is 49.8 Å². The number of aromatic nitrogens is 2. The summed E-state index contributed by atoms with van der Waals surface area (Å²) in [4.78, 5) is 8.52. The number of hydrogen-bond acceptors (Lipinski definition) is 4. The smallest absolute Gasteiger partial charge is 0.0753 e. The average Bonchev–Trinajstić information content (AvgIpc) is 2.25. The highest BCUT2D eigenvalue weighted by Gasteiger charge is 2.37. The van der Waals surface area contributed by atoms with Gasteiger partial charge in [0.25, 0.3) is 0 Å². The van der Waals surface area contributed by atoms with Crippen LogP contribution in [0.4, 0.5) is 0 Å². The average molecular weight is 262 g/mol. The Morgan fingerprint density at radius 1 is 1.21 bits per heavy atom. The summed E-state index contributed by atoms with van der Waals surface area (Å²) in [6.07, 6.45) is 7.56. The molecule has 0 spiro atoms. The zero-order valence-electron chi connectivity index (χ0n) is 12.7. The predicted octanol–water partition coefficient (Wildman–Crippen LogP) is 2.44. The molecule has 2 heterocycles. The molecule has 0 radical (unpaired) electrons. The largest absolute Gasteiger partial charge is 0.307 e. The van der Waals surface area contributed by atoms with Crippen LogP contribution in [-0.2, 0) is 0 Å². The number of hydrogen-bond donors (Lipinski definition) is 2. The van der Waals surface area contributed by atoms with Gasteiger partial charge in [-0.2, -0.15) is 0 Å². The second-order valence-electron chi connectivity index (χ2n) is 7.02. The minimum atomic E-state index is 0.168. The predicted molar refractivity (Wildman–Crippen MR) is 77.9 cm³/mol. The maximum absolute atomic E-state index is 4.38. The van der Waals surface area contributed by atoms with Crippen LogP contribution < -0.4 is 10.6 Å². The molecule has 2 rings (SSSR count). The zero-order valence-corrected chi connectivity index (χ0v) is 12.7. The van der Waals surface area contributed by atoms with Crippen molar-refractivity contribution in [1.82, 2.24) is 20.6 Å². The van der Waals surface area contributed by atoms with Crippen LogP contribution in [0.25, 0.3) is 0 Å². The zero-order chi connectivity index (χ0) is 14.1. The molecular formula is C15H26N4. The Morgan fingerprint density at radius 2 is 1.84 bits per heavy atom. The minimum Gasteiger partial charge on any atom is -0.307 e. The van der Waals surface area contributed by atoms with Crippen LogP contribution in [0.15, 0.2) is 18.6 Å². The summed E-state index contributed by atoms with van der Waals surface area (Å²) < 4.78 is 0. The van der Waals surface area contributed by atoms with Crippen molar-refractivity contribution in [2.24, 2.45) is 0 Å². The molecule has 0 aliphatic carbocycles. The summed E-state index contributed by atoms with van der Waals surface area (Å²) >= 11 is 0. The SMILES string of the molecule is CC(NC1CC(C)(C)NC(C)(C)C1)c1cnccn1. The van der Waals surface area contributed by atoms with Crippen LogP contribution in [0.3, 0.4) is 0 Å². The van der Waals surface area contributed by atoms with Crippen LogP contribution in [0.2, 0.25) is 0 Å². The quantitative estimate of drug-likeness (QED) is 0.878. The van der Waals surface area contributed by atoms with E-state index in [1.807, 2.05) is 6.20 Å². The Hall–Kier alpha value is -1.00. The normalized spacial score (nSPS) is 24.1. The van der Waals surface area contributed by atoms with Crippen molar-refractivity contribution in [3.63, 3.8) is 0 Å². The molecule has 0 bridgehead atoms. The summed E-state index contributed by atoms with van der Waals surface area (Å²) in [5.74, 6) is 0. The molecule has 1 fully saturated rings. The third kappa shape index (κ3) is 3.98. The van der Waals surface area contributed by atoms with Crippen molar-refractivity contribution < 1.29 is 0 Å². The summed E-state index contributed by atoms with van der Waals surface area (Å²) in [6.45, 7) is 11.3. The van der Waals surface area contributed by atoms with Crippen molar-refractivity contribution in [2.45, 2.75) is 70.6 Å². The molecule has 0 aromatic carbocycles. The first-order chi connectivity index (χ1) is 8.77. The van der Waals surface area contributed by atoms with Gasteiger partial charge in [-0.15, -0.1) is 0 Å². The lowest BCUT2D eigenvalue weighted by Gasteiger charge is -2.47. The summed E-state index contributed by atoms with van der Waals surface area (Å²) in [5.41, 5.74) is 1.35. The lowest BCUT2D eigenvalue weighted by atomic mass is 9.79. The van der Waals surface area contributed by atoms with E-state index >= 15 is 0 Å². The molecule has 0 amide bonds. The highest BCUT2D eigenvalue weighted by molar-refractivity contribution is 5.04. The first-order valence-corrected chi connectivity index (χ1v) is 7.09. The van der Waals surface area contributed by atoms with Gasteiger partial charge in [-0.1, -0.05) is 0 Å². The molecule has 4 nitrogen and oxygen atoms in total. The lowest BCUT2D eigenvalue weighted by molar-refractivity contribution is 0.140. The lowest BCUT2D eigenvalue weighted by Crippen LogP contribution is -2.61. The molecule has 1 aliphatic rings. The number of nitrogens with zero attached hydrogens (tertiary/aromatic N) is 2. The molecule has 1 aromatic heterocycles. The third-order valence-corrected chi connectivity index (χ3v) is 3.70. The van der Waals surface area contributed by atoms with E-state index < -0.39 is 0 Å². The van der Waals surface area contributed by atoms with E-state index in [0.29, 0.717) is 6.04 Å². The molecule has 4 heteroatoms. The number of piperidine rings is 1. The van der Waals surface area contributed by atoms with Gasteiger partial charge in [-0.3, -0.25) is 9.97 Å². The van der Waals surface area contributed by atoms with E-state index in [9.17, 15) is 0 Å². The van der Waals surface area contributed by atoms with E-state index in [0.717, 1.165) is 18.5 Å². The monoisotopic (exact) mass is 262 g/mol. The highest BCUT2D eigenvalue weighted by atomic mass is 15.1. The standard InChI is InChI=1S/C15H26N4/c1-11(13-10-16-6-7-17-13)18-12-8-14(2,3)19-15(4,5)9-12/h6-7,10-12,18-19H,8-9H2,1-5H3. The van der Waals surface area contributed by atoms with E-state index in [-0.39, 0.29) is 17.1 Å². The van der Waals surface area contributed by atoms with Crippen molar-refractivity contribution in [3.05, 3.63) is 24.3 Å². The third-order valence-electron chi connectivity index (χ3n) is 3.70. The van der Waals surface area contributed by atoms with Crippen LogP contribution in [0, 0.1) is 0 Å². The Kier molecular flexibility index (Phi) is 3.92. The van der Waals surface area contributed by atoms with Gasteiger partial charge >= 0.3 is 0 Å². The van der Waals surface area contributed by atoms with Crippen molar-refractivity contribution in [3.8, 4) is 0 Å². The Labute approximate surface area is 116 Å². The van der Waals surface area contributed by atoms with Gasteiger partial charge in [0.1, 0.15) is 0 Å². The van der Waals surface area contributed by atoms with Crippen LogP contribution in [-0.4, -0.2) is 27.1 Å². The maximum Gasteiger partial charge on any atom is 0.0753 e. The Morgan fingerprint density at radius 3 is 2.37 bits per heavy atom. The minimum absolute atomic E-state index is 0.168. The highest BCUT2D eigenvalue weighted by Crippen LogP contribution is 2.29. The molecule has 19 heavy (non-hydrogen) atoms. The second kappa shape index (κ2) is 5.17. The van der Waals surface area contributed by atoms with Crippen LogP contribution >= 0.6 is 0 Å². The first-order valence-electron chi connectivity index (χ1n) is 7.09. The van der Waals surface area contributed by atoms with Crippen molar-refractivity contribution >= 4 is 0 Å². The van der Waals surface area contributed by atoms with Gasteiger partial charge in [-0.25, -0.2) is 0 Å². The number of rotatable bonds is 3. The van der Waals surface area contributed by atoms with E-state index in [1.54, 1.807) is 12.4 Å². The van der Waals surface area contributed by atoms with Gasteiger partial charge in [-0.05, 0) is 47.5 Å². The number of nitrogens with one attached hydrogen (secondary N) is 2. The van der Waals surface area contributed by atoms with Gasteiger partial charge in [0.15, 0.2) is 0 Å². The van der Waals surface area contributed by atoms with Gasteiger partial charge in [0.2, 0.25) is 0 Å². The molecule has 1 saturated heterocycles. The maximum atomic E-state index is 4.38. The molecule has 2 N–H and O–H groups in total. The second-order valence-corrected chi connectivity index (χ2v) is 7.02. The summed E-state index contributed by atoms with van der Waals surface area (Å²) in [5, 5.41) is 7.41. The molecule has 106 valence electrons. The van der Waals surface area contributed by atoms with Crippen LogP contribution in [0.1, 0.15) is 59.2 Å². The molecule has 1 aliphatic heterocycles. The van der Waals surface area contributed by atoms with E-state index in [4.69, 9.17) is 0 Å². The Balaban J connectivity index is 2.03. The van der Waals surface area contributed by atoms with Crippen LogP contribution in [0.5, 0.6) is 0 Å². The fourth-order valence-corrected chi connectivity index (χ4v) is 3.41. The Bertz CT molecular complexity index is 397. The fourth-order valence-electron chi connectivity index (χ4n) is 3.41. The van der Waals surface area contributed by atoms with Gasteiger partial charge in [0, 0.05) is 41.8 Å². The van der Waals surface area contributed by atoms with Crippen molar-refractivity contribution in [2.75, 3.05) is 0 Å². The summed E-state index contributed by atoms with van der Waals surface area (Å²) in [6, 6.07) is 0.742. The van der Waals surface area contributed by atoms with E-state index in [2.05, 4.69) is 55.2 Å². The molecule has 1 unspecified atom stereocenters. The van der Waals surface area contributed by atoms with Gasteiger partial charge in [0.05, 0.1) is 5.69 Å². The molecule has 1 aromatic rings. The van der Waals surface area contributed by atoms with Crippen molar-refractivity contribution in [1.29, 1.82) is 0 Å². The van der Waals surface area contributed by atoms with Gasteiger partial charge < -0.3 is 10.6 Å². The summed E-state index contributed by atoms with van der Waals surface area (Å²) in [7, 11) is 0.